The first kappa shape index (κ1) is 13.0. The van der Waals surface area contributed by atoms with E-state index in [-0.39, 0.29) is 18.3 Å². The molecule has 0 unspecified atom stereocenters. The van der Waals surface area contributed by atoms with Crippen molar-refractivity contribution in [2.24, 2.45) is 10.9 Å². The van der Waals surface area contributed by atoms with Crippen molar-refractivity contribution < 1.29 is 10.0 Å². The smallest absolute Gasteiger partial charge is 0.224 e. The van der Waals surface area contributed by atoms with E-state index in [1.807, 2.05) is 32.0 Å². The summed E-state index contributed by atoms with van der Waals surface area (Å²) in [6.07, 6.45) is 0.298. The molecule has 0 aliphatic heterocycles. The molecule has 1 aromatic rings. The number of hydrogen-bond donors (Lipinski definition) is 3. The normalized spacial score (nSPS) is 11.3. The minimum absolute atomic E-state index is 0.0145. The monoisotopic (exact) mass is 235 g/mol. The molecule has 0 saturated carbocycles. The zero-order valence-corrected chi connectivity index (χ0v) is 10.0. The molecule has 17 heavy (non-hydrogen) atoms. The van der Waals surface area contributed by atoms with E-state index in [1.54, 1.807) is 0 Å². The molecule has 0 bridgehead atoms. The van der Waals surface area contributed by atoms with E-state index in [1.165, 1.54) is 0 Å². The van der Waals surface area contributed by atoms with E-state index in [2.05, 4.69) is 10.5 Å². The lowest BCUT2D eigenvalue weighted by Gasteiger charge is -2.07. The maximum atomic E-state index is 11.6. The number of amidine groups is 1. The number of oxime groups is 1. The third-order valence-corrected chi connectivity index (χ3v) is 2.45. The zero-order valence-electron chi connectivity index (χ0n) is 10.0. The molecule has 0 aromatic heterocycles. The van der Waals surface area contributed by atoms with Crippen molar-refractivity contribution in [3.8, 4) is 0 Å². The third kappa shape index (κ3) is 4.14. The van der Waals surface area contributed by atoms with E-state index >= 15 is 0 Å². The molecule has 92 valence electrons. The van der Waals surface area contributed by atoms with Gasteiger partial charge in [0.15, 0.2) is 5.84 Å². The second kappa shape index (κ2) is 5.89. The van der Waals surface area contributed by atoms with Gasteiger partial charge in [-0.2, -0.15) is 0 Å². The SMILES string of the molecule is Cc1ccc(C)c(CC(=O)NC/C(N)=N/O)c1. The van der Waals surface area contributed by atoms with Gasteiger partial charge >= 0.3 is 0 Å². The number of nitrogens with one attached hydrogen (secondary N) is 1. The van der Waals surface area contributed by atoms with Gasteiger partial charge in [0.2, 0.25) is 5.91 Å². The summed E-state index contributed by atoms with van der Waals surface area (Å²) < 4.78 is 0. The molecule has 0 aliphatic carbocycles. The Bertz CT molecular complexity index is 441. The van der Waals surface area contributed by atoms with E-state index in [9.17, 15) is 4.79 Å². The van der Waals surface area contributed by atoms with Crippen LogP contribution in [0.5, 0.6) is 0 Å². The van der Waals surface area contributed by atoms with Crippen molar-refractivity contribution in [2.45, 2.75) is 20.3 Å². The molecule has 0 atom stereocenters. The van der Waals surface area contributed by atoms with Crippen LogP contribution in [0.25, 0.3) is 0 Å². The highest BCUT2D eigenvalue weighted by atomic mass is 16.4. The first-order valence-electron chi connectivity index (χ1n) is 5.32. The molecule has 0 fully saturated rings. The average molecular weight is 235 g/mol. The Kier molecular flexibility index (Phi) is 4.51. The summed E-state index contributed by atoms with van der Waals surface area (Å²) in [5.41, 5.74) is 8.44. The molecule has 1 rings (SSSR count). The largest absolute Gasteiger partial charge is 0.409 e. The van der Waals surface area contributed by atoms with Crippen LogP contribution in [0.3, 0.4) is 0 Å². The van der Waals surface area contributed by atoms with Crippen molar-refractivity contribution >= 4 is 11.7 Å². The molecule has 0 heterocycles. The highest BCUT2D eigenvalue weighted by Crippen LogP contribution is 2.11. The molecular formula is C12H17N3O2. The molecule has 1 amide bonds. The van der Waals surface area contributed by atoms with Crippen LogP contribution in [0.2, 0.25) is 0 Å². The minimum Gasteiger partial charge on any atom is -0.409 e. The fraction of sp³-hybridized carbons (Fsp3) is 0.333. The lowest BCUT2D eigenvalue weighted by atomic mass is 10.0. The van der Waals surface area contributed by atoms with Gasteiger partial charge in [0.25, 0.3) is 0 Å². The number of aryl methyl sites for hydroxylation is 2. The fourth-order valence-corrected chi connectivity index (χ4v) is 1.45. The van der Waals surface area contributed by atoms with Crippen molar-refractivity contribution in [2.75, 3.05) is 6.54 Å². The molecule has 5 nitrogen and oxygen atoms in total. The first-order chi connectivity index (χ1) is 8.02. The fourth-order valence-electron chi connectivity index (χ4n) is 1.45. The second-order valence-corrected chi connectivity index (χ2v) is 3.97. The van der Waals surface area contributed by atoms with Crippen LogP contribution in [0, 0.1) is 13.8 Å². The number of carbonyl (C=O) groups excluding carboxylic acids is 1. The minimum atomic E-state index is -0.148. The maximum Gasteiger partial charge on any atom is 0.224 e. The van der Waals surface area contributed by atoms with E-state index in [0.29, 0.717) is 6.42 Å². The van der Waals surface area contributed by atoms with E-state index in [0.717, 1.165) is 16.7 Å². The van der Waals surface area contributed by atoms with Crippen molar-refractivity contribution in [1.82, 2.24) is 5.32 Å². The topological polar surface area (TPSA) is 87.7 Å². The Morgan fingerprint density at radius 3 is 2.82 bits per heavy atom. The summed E-state index contributed by atoms with van der Waals surface area (Å²) in [5, 5.41) is 13.7. The number of amides is 1. The van der Waals surface area contributed by atoms with Gasteiger partial charge in [0.1, 0.15) is 0 Å². The van der Waals surface area contributed by atoms with Gasteiger partial charge in [-0.15, -0.1) is 0 Å². The van der Waals surface area contributed by atoms with Crippen LogP contribution in [0.4, 0.5) is 0 Å². The Morgan fingerprint density at radius 2 is 2.18 bits per heavy atom. The molecule has 0 aliphatic rings. The van der Waals surface area contributed by atoms with Crippen molar-refractivity contribution in [3.05, 3.63) is 34.9 Å². The summed E-state index contributed by atoms with van der Waals surface area (Å²) in [7, 11) is 0. The van der Waals surface area contributed by atoms with Crippen LogP contribution < -0.4 is 11.1 Å². The maximum absolute atomic E-state index is 11.6. The van der Waals surface area contributed by atoms with Crippen molar-refractivity contribution in [1.29, 1.82) is 0 Å². The molecule has 0 saturated heterocycles. The molecule has 4 N–H and O–H groups in total. The van der Waals surface area contributed by atoms with Crippen molar-refractivity contribution in [3.63, 3.8) is 0 Å². The number of benzene rings is 1. The van der Waals surface area contributed by atoms with E-state index < -0.39 is 0 Å². The predicted octanol–water partition coefficient (Wildman–Crippen LogP) is 0.709. The highest BCUT2D eigenvalue weighted by Gasteiger charge is 2.06. The standard InChI is InChI=1S/C12H17N3O2/c1-8-3-4-9(2)10(5-8)6-12(16)14-7-11(13)15-17/h3-5,17H,6-7H2,1-2H3,(H2,13,15)(H,14,16). The zero-order chi connectivity index (χ0) is 12.8. The summed E-state index contributed by atoms with van der Waals surface area (Å²) >= 11 is 0. The molecular weight excluding hydrogens is 218 g/mol. The van der Waals surface area contributed by atoms with Crippen LogP contribution in [0.1, 0.15) is 16.7 Å². The first-order valence-corrected chi connectivity index (χ1v) is 5.32. The highest BCUT2D eigenvalue weighted by molar-refractivity contribution is 5.87. The predicted molar refractivity (Wildman–Crippen MR) is 66.0 cm³/mol. The van der Waals surface area contributed by atoms with Crippen LogP contribution in [0.15, 0.2) is 23.4 Å². The summed E-state index contributed by atoms with van der Waals surface area (Å²) in [6, 6.07) is 5.98. The van der Waals surface area contributed by atoms with Gasteiger partial charge in [0, 0.05) is 0 Å². The van der Waals surface area contributed by atoms with Gasteiger partial charge in [-0.3, -0.25) is 4.79 Å². The van der Waals surface area contributed by atoms with E-state index in [4.69, 9.17) is 10.9 Å². The molecule has 5 heteroatoms. The van der Waals surface area contributed by atoms with Gasteiger partial charge in [-0.1, -0.05) is 28.9 Å². The third-order valence-electron chi connectivity index (χ3n) is 2.45. The number of carbonyl (C=O) groups is 1. The lowest BCUT2D eigenvalue weighted by Crippen LogP contribution is -2.34. The van der Waals surface area contributed by atoms with Gasteiger partial charge in [-0.25, -0.2) is 0 Å². The van der Waals surface area contributed by atoms with Crippen LogP contribution >= 0.6 is 0 Å². The Morgan fingerprint density at radius 1 is 1.47 bits per heavy atom. The molecule has 1 aromatic carbocycles. The van der Waals surface area contributed by atoms with Gasteiger partial charge in [-0.05, 0) is 25.0 Å². The Hall–Kier alpha value is -2.04. The Labute approximate surface area is 100 Å². The van der Waals surface area contributed by atoms with Gasteiger partial charge in [0.05, 0.1) is 13.0 Å². The lowest BCUT2D eigenvalue weighted by molar-refractivity contribution is -0.120. The van der Waals surface area contributed by atoms with Crippen LogP contribution in [-0.2, 0) is 11.2 Å². The van der Waals surface area contributed by atoms with Crippen LogP contribution in [-0.4, -0.2) is 23.5 Å². The quantitative estimate of drug-likeness (QED) is 0.311. The number of rotatable bonds is 4. The number of hydrogen-bond acceptors (Lipinski definition) is 3. The number of nitrogens with two attached hydrogens (primary N) is 1. The molecule has 0 radical (unpaired) electrons. The Balaban J connectivity index is 2.59. The average Bonchev–Trinajstić information content (AvgIpc) is 2.30. The second-order valence-electron chi connectivity index (χ2n) is 3.97. The summed E-state index contributed by atoms with van der Waals surface area (Å²) in [5.74, 6) is -0.162. The summed E-state index contributed by atoms with van der Waals surface area (Å²) in [4.78, 5) is 11.6. The summed E-state index contributed by atoms with van der Waals surface area (Å²) in [6.45, 7) is 4.00. The molecule has 0 spiro atoms. The number of nitrogens with zero attached hydrogens (tertiary/aromatic N) is 1. The van der Waals surface area contributed by atoms with Gasteiger partial charge < -0.3 is 16.3 Å².